The molecular weight excluding hydrogens is 178 g/mol. The van der Waals surface area contributed by atoms with Gasteiger partial charge in [0.05, 0.1) is 23.3 Å². The number of likely N-dealkylation sites (N-methyl/N-ethyl adjacent to an activating group) is 1. The average molecular weight is 189 g/mol. The molecule has 0 aliphatic heterocycles. The predicted molar refractivity (Wildman–Crippen MR) is 54.4 cm³/mol. The minimum atomic E-state index is 0.0468. The van der Waals surface area contributed by atoms with Gasteiger partial charge in [-0.15, -0.1) is 0 Å². The van der Waals surface area contributed by atoms with Gasteiger partial charge in [-0.3, -0.25) is 9.78 Å². The van der Waals surface area contributed by atoms with Crippen LogP contribution in [-0.4, -0.2) is 29.3 Å². The molecule has 4 heteroatoms. The number of carbonyl (C=O) groups excluding carboxylic acids is 1. The molecule has 0 radical (unpaired) electrons. The summed E-state index contributed by atoms with van der Waals surface area (Å²) in [6.45, 7) is 0.340. The van der Waals surface area contributed by atoms with Crippen LogP contribution in [0.25, 0.3) is 11.0 Å². The molecule has 4 nitrogen and oxygen atoms in total. The summed E-state index contributed by atoms with van der Waals surface area (Å²) < 4.78 is 0. The van der Waals surface area contributed by atoms with E-state index in [4.69, 9.17) is 0 Å². The Labute approximate surface area is 81.3 Å². The Morgan fingerprint density at radius 3 is 3.21 bits per heavy atom. The first-order valence-electron chi connectivity index (χ1n) is 4.43. The first-order valence-corrected chi connectivity index (χ1v) is 4.43. The zero-order chi connectivity index (χ0) is 9.97. The fourth-order valence-corrected chi connectivity index (χ4v) is 1.36. The maximum Gasteiger partial charge on any atom is 0.192 e. The topological polar surface area (TPSA) is 57.8 Å². The minimum Gasteiger partial charge on any atom is -0.351 e. The van der Waals surface area contributed by atoms with Crippen molar-refractivity contribution in [1.82, 2.24) is 15.3 Å². The molecule has 2 rings (SSSR count). The monoisotopic (exact) mass is 189 g/mol. The summed E-state index contributed by atoms with van der Waals surface area (Å²) >= 11 is 0. The highest BCUT2D eigenvalue weighted by Gasteiger charge is 2.08. The van der Waals surface area contributed by atoms with Crippen LogP contribution in [0.3, 0.4) is 0 Å². The normalized spacial score (nSPS) is 10.6. The fraction of sp³-hybridized carbons (Fsp3) is 0.200. The number of fused-ring (bicyclic) bond motifs is 1. The summed E-state index contributed by atoms with van der Waals surface area (Å²) in [5.41, 5.74) is 2.33. The van der Waals surface area contributed by atoms with Gasteiger partial charge in [-0.2, -0.15) is 0 Å². The third-order valence-corrected chi connectivity index (χ3v) is 2.03. The van der Waals surface area contributed by atoms with Crippen LogP contribution in [0.1, 0.15) is 10.5 Å². The van der Waals surface area contributed by atoms with Gasteiger partial charge in [0, 0.05) is 6.20 Å². The van der Waals surface area contributed by atoms with Crippen molar-refractivity contribution in [2.75, 3.05) is 13.6 Å². The molecule has 0 amide bonds. The molecule has 72 valence electrons. The lowest BCUT2D eigenvalue weighted by Crippen LogP contribution is -2.18. The number of nitrogens with zero attached hydrogens (tertiary/aromatic N) is 1. The Hall–Kier alpha value is -1.68. The average Bonchev–Trinajstić information content (AvgIpc) is 2.61. The second kappa shape index (κ2) is 3.59. The van der Waals surface area contributed by atoms with Gasteiger partial charge < -0.3 is 10.3 Å². The van der Waals surface area contributed by atoms with E-state index in [1.54, 1.807) is 19.3 Å². The lowest BCUT2D eigenvalue weighted by atomic mass is 10.3. The van der Waals surface area contributed by atoms with Crippen LogP contribution in [0, 0.1) is 0 Å². The van der Waals surface area contributed by atoms with Crippen LogP contribution >= 0.6 is 0 Å². The van der Waals surface area contributed by atoms with Crippen LogP contribution in [0.5, 0.6) is 0 Å². The van der Waals surface area contributed by atoms with Crippen molar-refractivity contribution in [1.29, 1.82) is 0 Å². The molecule has 0 atom stereocenters. The maximum atomic E-state index is 11.5. The number of H-pyrrole nitrogens is 1. The molecule has 2 aromatic rings. The fourth-order valence-electron chi connectivity index (χ4n) is 1.36. The number of Topliss-reactive ketones (excluding diaryl/α,β-unsaturated/α-hetero) is 1. The molecule has 0 aromatic carbocycles. The number of aromatic nitrogens is 2. The molecule has 0 saturated heterocycles. The zero-order valence-electron chi connectivity index (χ0n) is 7.87. The van der Waals surface area contributed by atoms with Gasteiger partial charge in [0.1, 0.15) is 0 Å². The number of hydrogen-bond donors (Lipinski definition) is 2. The summed E-state index contributed by atoms with van der Waals surface area (Å²) in [5, 5.41) is 2.82. The number of pyridine rings is 1. The summed E-state index contributed by atoms with van der Waals surface area (Å²) in [6.07, 6.45) is 1.71. The second-order valence-electron chi connectivity index (χ2n) is 3.07. The maximum absolute atomic E-state index is 11.5. The number of carbonyl (C=O) groups is 1. The van der Waals surface area contributed by atoms with Gasteiger partial charge in [0.2, 0.25) is 0 Å². The van der Waals surface area contributed by atoms with Crippen LogP contribution in [0.4, 0.5) is 0 Å². The Morgan fingerprint density at radius 1 is 1.64 bits per heavy atom. The lowest BCUT2D eigenvalue weighted by molar-refractivity contribution is 0.0989. The van der Waals surface area contributed by atoms with Crippen molar-refractivity contribution in [3.63, 3.8) is 0 Å². The van der Waals surface area contributed by atoms with Gasteiger partial charge in [-0.1, -0.05) is 0 Å². The van der Waals surface area contributed by atoms with E-state index in [9.17, 15) is 4.79 Å². The molecule has 0 aliphatic carbocycles. The molecule has 14 heavy (non-hydrogen) atoms. The van der Waals surface area contributed by atoms with Crippen molar-refractivity contribution in [3.05, 3.63) is 30.1 Å². The standard InChI is InChI=1S/C10H11N3O/c1-11-6-10(14)9-5-8-7(13-9)3-2-4-12-8/h2-5,11,13H,6H2,1H3. The van der Waals surface area contributed by atoms with E-state index >= 15 is 0 Å². The van der Waals surface area contributed by atoms with E-state index in [-0.39, 0.29) is 5.78 Å². The third-order valence-electron chi connectivity index (χ3n) is 2.03. The summed E-state index contributed by atoms with van der Waals surface area (Å²) in [4.78, 5) is 18.7. The molecule has 0 fully saturated rings. The summed E-state index contributed by atoms with van der Waals surface area (Å²) in [6, 6.07) is 5.51. The quantitative estimate of drug-likeness (QED) is 0.707. The van der Waals surface area contributed by atoms with Crippen molar-refractivity contribution < 1.29 is 4.79 Å². The van der Waals surface area contributed by atoms with E-state index in [0.717, 1.165) is 11.0 Å². The van der Waals surface area contributed by atoms with Crippen molar-refractivity contribution >= 4 is 16.8 Å². The van der Waals surface area contributed by atoms with Crippen molar-refractivity contribution in [2.45, 2.75) is 0 Å². The minimum absolute atomic E-state index is 0.0468. The number of ketones is 1. The summed E-state index contributed by atoms with van der Waals surface area (Å²) in [5.74, 6) is 0.0468. The SMILES string of the molecule is CNCC(=O)c1cc2ncccc2[nH]1. The Bertz CT molecular complexity index is 428. The van der Waals surface area contributed by atoms with Crippen LogP contribution in [0.2, 0.25) is 0 Å². The van der Waals surface area contributed by atoms with Gasteiger partial charge in [-0.05, 0) is 25.2 Å². The molecule has 0 aliphatic rings. The van der Waals surface area contributed by atoms with E-state index in [1.807, 2.05) is 12.1 Å². The number of aromatic amines is 1. The number of hydrogen-bond acceptors (Lipinski definition) is 3. The second-order valence-corrected chi connectivity index (χ2v) is 3.07. The first-order chi connectivity index (χ1) is 6.81. The largest absolute Gasteiger partial charge is 0.351 e. The highest BCUT2D eigenvalue weighted by Crippen LogP contribution is 2.11. The molecule has 2 aromatic heterocycles. The van der Waals surface area contributed by atoms with E-state index in [0.29, 0.717) is 12.2 Å². The Kier molecular flexibility index (Phi) is 2.28. The Balaban J connectivity index is 2.40. The van der Waals surface area contributed by atoms with Gasteiger partial charge >= 0.3 is 0 Å². The van der Waals surface area contributed by atoms with Crippen molar-refractivity contribution in [2.24, 2.45) is 0 Å². The smallest absolute Gasteiger partial charge is 0.192 e. The first kappa shape index (κ1) is 8.90. The van der Waals surface area contributed by atoms with Crippen LogP contribution in [-0.2, 0) is 0 Å². The Morgan fingerprint density at radius 2 is 2.50 bits per heavy atom. The number of rotatable bonds is 3. The lowest BCUT2D eigenvalue weighted by Gasteiger charge is -1.94. The molecule has 2 N–H and O–H groups in total. The highest BCUT2D eigenvalue weighted by molar-refractivity contribution is 5.99. The van der Waals surface area contributed by atoms with Crippen LogP contribution in [0.15, 0.2) is 24.4 Å². The van der Waals surface area contributed by atoms with Crippen LogP contribution < -0.4 is 5.32 Å². The molecule has 2 heterocycles. The van der Waals surface area contributed by atoms with Crippen molar-refractivity contribution in [3.8, 4) is 0 Å². The molecule has 0 unspecified atom stereocenters. The van der Waals surface area contributed by atoms with Gasteiger partial charge in [0.15, 0.2) is 5.78 Å². The third kappa shape index (κ3) is 1.52. The van der Waals surface area contributed by atoms with E-state index in [2.05, 4.69) is 15.3 Å². The molecule has 0 bridgehead atoms. The zero-order valence-corrected chi connectivity index (χ0v) is 7.87. The van der Waals surface area contributed by atoms with E-state index in [1.165, 1.54) is 0 Å². The molecule has 0 spiro atoms. The summed E-state index contributed by atoms with van der Waals surface area (Å²) in [7, 11) is 1.75. The molecular formula is C10H11N3O. The van der Waals surface area contributed by atoms with Gasteiger partial charge in [-0.25, -0.2) is 0 Å². The highest BCUT2D eigenvalue weighted by atomic mass is 16.1. The number of nitrogens with one attached hydrogen (secondary N) is 2. The predicted octanol–water partition coefficient (Wildman–Crippen LogP) is 0.965. The van der Waals surface area contributed by atoms with Gasteiger partial charge in [0.25, 0.3) is 0 Å². The van der Waals surface area contributed by atoms with E-state index < -0.39 is 0 Å². The molecule has 0 saturated carbocycles.